The lowest BCUT2D eigenvalue weighted by molar-refractivity contribution is -0.137. The fraction of sp³-hybridized carbons (Fsp3) is 0.240. The van der Waals surface area contributed by atoms with Gasteiger partial charge in [-0.15, -0.1) is 0 Å². The molecular weight excluding hydrogens is 523 g/mol. The van der Waals surface area contributed by atoms with Gasteiger partial charge in [0.15, 0.2) is 0 Å². The summed E-state index contributed by atoms with van der Waals surface area (Å²) in [6, 6.07) is 9.95. The smallest absolute Gasteiger partial charge is 0.418 e. The fourth-order valence-electron chi connectivity index (χ4n) is 4.03. The Labute approximate surface area is 217 Å². The van der Waals surface area contributed by atoms with Crippen LogP contribution in [0.1, 0.15) is 23.0 Å². The van der Waals surface area contributed by atoms with Crippen molar-refractivity contribution in [1.29, 1.82) is 0 Å². The Hall–Kier alpha value is -4.88. The number of ether oxygens (including phenoxy) is 2. The number of amides is 1. The molecule has 0 saturated carbocycles. The van der Waals surface area contributed by atoms with Crippen molar-refractivity contribution in [1.82, 2.24) is 9.97 Å². The molecule has 0 saturated heterocycles. The van der Waals surface area contributed by atoms with E-state index in [0.717, 1.165) is 17.5 Å². The molecule has 1 amide bonds. The number of nitrogens with zero attached hydrogens (tertiary/aromatic N) is 3. The zero-order valence-electron chi connectivity index (χ0n) is 20.2. The second-order valence-corrected chi connectivity index (χ2v) is 8.46. The Morgan fingerprint density at radius 3 is 2.74 bits per heavy atom. The van der Waals surface area contributed by atoms with Gasteiger partial charge in [-0.3, -0.25) is 15.1 Å². The maximum Gasteiger partial charge on any atom is 0.418 e. The Kier molecular flexibility index (Phi) is 6.68. The standard InChI is InChI=1S/C25H20F3N5O6/c1-2-37-23(35)21-22(34)31-16-8-15(25(26,27)28)18(9-17(16)30-21)33-10-14(29-12-33)11-38-24(36)32-20-7-13-5-3-4-6-19(13)39-20/h3-9,12,14H,2,10-11H2,1H3,(H,31,34)(H,32,36). The summed E-state index contributed by atoms with van der Waals surface area (Å²) in [7, 11) is 0. The highest BCUT2D eigenvalue weighted by molar-refractivity contribution is 5.93. The van der Waals surface area contributed by atoms with E-state index in [0.29, 0.717) is 5.58 Å². The molecule has 5 rings (SSSR count). The molecule has 0 bridgehead atoms. The molecule has 14 heteroatoms. The van der Waals surface area contributed by atoms with Crippen molar-refractivity contribution in [2.45, 2.75) is 19.1 Å². The summed E-state index contributed by atoms with van der Waals surface area (Å²) in [5.41, 5.74) is -2.59. The monoisotopic (exact) mass is 543 g/mol. The van der Waals surface area contributed by atoms with E-state index in [1.54, 1.807) is 18.2 Å². The van der Waals surface area contributed by atoms with E-state index in [1.807, 2.05) is 12.1 Å². The summed E-state index contributed by atoms with van der Waals surface area (Å²) in [4.78, 5) is 48.0. The maximum absolute atomic E-state index is 13.9. The maximum atomic E-state index is 13.9. The van der Waals surface area contributed by atoms with Gasteiger partial charge < -0.3 is 23.8 Å². The van der Waals surface area contributed by atoms with Crippen LogP contribution in [0.4, 0.5) is 29.5 Å². The van der Waals surface area contributed by atoms with Gasteiger partial charge in [-0.25, -0.2) is 14.6 Å². The number of para-hydroxylation sites is 1. The van der Waals surface area contributed by atoms with E-state index in [9.17, 15) is 27.6 Å². The lowest BCUT2D eigenvalue weighted by Crippen LogP contribution is -2.29. The molecule has 39 heavy (non-hydrogen) atoms. The Morgan fingerprint density at radius 2 is 2.00 bits per heavy atom. The number of furan rings is 1. The van der Waals surface area contributed by atoms with Crippen LogP contribution in [0, 0.1) is 0 Å². The molecule has 1 aliphatic rings. The molecule has 1 aliphatic heterocycles. The van der Waals surface area contributed by atoms with Crippen LogP contribution in [0.3, 0.4) is 0 Å². The van der Waals surface area contributed by atoms with Gasteiger partial charge in [0.05, 0.1) is 35.2 Å². The van der Waals surface area contributed by atoms with Gasteiger partial charge in [0.2, 0.25) is 11.6 Å². The molecule has 11 nitrogen and oxygen atoms in total. The highest BCUT2D eigenvalue weighted by atomic mass is 19.4. The first-order chi connectivity index (χ1) is 18.6. The normalized spacial score (nSPS) is 15.2. The number of esters is 1. The third kappa shape index (κ3) is 5.39. The van der Waals surface area contributed by atoms with Gasteiger partial charge in [0.1, 0.15) is 18.2 Å². The predicted octanol–water partition coefficient (Wildman–Crippen LogP) is 4.33. The summed E-state index contributed by atoms with van der Waals surface area (Å²) in [6.45, 7) is 1.27. The topological polar surface area (TPSA) is 139 Å². The number of nitrogens with one attached hydrogen (secondary N) is 2. The number of carbonyl (C=O) groups is 2. The van der Waals surface area contributed by atoms with Crippen LogP contribution >= 0.6 is 0 Å². The minimum absolute atomic E-state index is 0.0136. The van der Waals surface area contributed by atoms with Crippen molar-refractivity contribution in [3.63, 3.8) is 0 Å². The summed E-state index contributed by atoms with van der Waals surface area (Å²) in [5, 5.41) is 3.24. The van der Waals surface area contributed by atoms with Crippen LogP contribution in [-0.2, 0) is 15.7 Å². The lowest BCUT2D eigenvalue weighted by atomic mass is 10.1. The van der Waals surface area contributed by atoms with Crippen molar-refractivity contribution in [3.8, 4) is 0 Å². The summed E-state index contributed by atoms with van der Waals surface area (Å²) >= 11 is 0. The zero-order chi connectivity index (χ0) is 27.7. The lowest BCUT2D eigenvalue weighted by Gasteiger charge is -2.22. The number of alkyl halides is 3. The second kappa shape index (κ2) is 10.1. The third-order valence-electron chi connectivity index (χ3n) is 5.78. The van der Waals surface area contributed by atoms with Crippen molar-refractivity contribution < 1.29 is 36.7 Å². The number of rotatable bonds is 6. The van der Waals surface area contributed by atoms with Crippen molar-refractivity contribution in [2.24, 2.45) is 4.99 Å². The van der Waals surface area contributed by atoms with Gasteiger partial charge in [-0.05, 0) is 25.1 Å². The van der Waals surface area contributed by atoms with E-state index >= 15 is 0 Å². The van der Waals surface area contributed by atoms with Crippen molar-refractivity contribution in [2.75, 3.05) is 30.0 Å². The number of aromatic amines is 1. The molecule has 1 atom stereocenters. The minimum atomic E-state index is -4.78. The first kappa shape index (κ1) is 25.8. The number of benzene rings is 2. The minimum Gasteiger partial charge on any atom is -0.461 e. The molecule has 2 aromatic carbocycles. The number of hydrogen-bond donors (Lipinski definition) is 2. The molecule has 0 fully saturated rings. The molecule has 0 radical (unpaired) electrons. The molecule has 0 spiro atoms. The Bertz CT molecular complexity index is 1630. The quantitative estimate of drug-likeness (QED) is 0.343. The second-order valence-electron chi connectivity index (χ2n) is 8.46. The van der Waals surface area contributed by atoms with Gasteiger partial charge in [0.25, 0.3) is 5.56 Å². The number of aliphatic imine (C=N–C) groups is 1. The van der Waals surface area contributed by atoms with Crippen LogP contribution < -0.4 is 15.8 Å². The van der Waals surface area contributed by atoms with Gasteiger partial charge in [-0.2, -0.15) is 13.2 Å². The summed E-state index contributed by atoms with van der Waals surface area (Å²) < 4.78 is 57.3. The van der Waals surface area contributed by atoms with Crippen molar-refractivity contribution >= 4 is 52.0 Å². The Morgan fingerprint density at radius 1 is 1.21 bits per heavy atom. The van der Waals surface area contributed by atoms with E-state index in [1.165, 1.54) is 18.2 Å². The molecule has 202 valence electrons. The molecule has 4 aromatic rings. The SMILES string of the molecule is CCOC(=O)c1nc2cc(N3C=NC(COC(=O)Nc4cc5ccccc5o4)C3)c(C(F)(F)F)cc2[nH]c1=O. The fourth-order valence-corrected chi connectivity index (χ4v) is 4.03. The summed E-state index contributed by atoms with van der Waals surface area (Å²) in [5.74, 6) is -0.820. The highest BCUT2D eigenvalue weighted by Gasteiger charge is 2.37. The van der Waals surface area contributed by atoms with Crippen LogP contribution in [0.2, 0.25) is 0 Å². The molecular formula is C25H20F3N5O6. The van der Waals surface area contributed by atoms with E-state index in [2.05, 4.69) is 20.3 Å². The van der Waals surface area contributed by atoms with Crippen LogP contribution in [0.15, 0.2) is 56.7 Å². The molecule has 0 aliphatic carbocycles. The molecule has 2 aromatic heterocycles. The van der Waals surface area contributed by atoms with E-state index in [4.69, 9.17) is 13.9 Å². The number of H-pyrrole nitrogens is 1. The largest absolute Gasteiger partial charge is 0.461 e. The average molecular weight is 543 g/mol. The van der Waals surface area contributed by atoms with Gasteiger partial charge in [0, 0.05) is 18.0 Å². The zero-order valence-corrected chi connectivity index (χ0v) is 20.2. The number of fused-ring (bicyclic) bond motifs is 2. The number of anilines is 2. The number of hydrogen-bond acceptors (Lipinski definition) is 9. The first-order valence-corrected chi connectivity index (χ1v) is 11.7. The molecule has 2 N–H and O–H groups in total. The number of carbonyl (C=O) groups excluding carboxylic acids is 2. The van der Waals surface area contributed by atoms with Crippen LogP contribution in [0.5, 0.6) is 0 Å². The number of aromatic nitrogens is 2. The predicted molar refractivity (Wildman–Crippen MR) is 134 cm³/mol. The van der Waals surface area contributed by atoms with E-state index < -0.39 is 41.1 Å². The van der Waals surface area contributed by atoms with Gasteiger partial charge in [-0.1, -0.05) is 18.2 Å². The third-order valence-corrected chi connectivity index (χ3v) is 5.78. The molecule has 1 unspecified atom stereocenters. The summed E-state index contributed by atoms with van der Waals surface area (Å²) in [6.07, 6.45) is -4.40. The van der Waals surface area contributed by atoms with Crippen LogP contribution in [0.25, 0.3) is 22.0 Å². The molecule has 3 heterocycles. The van der Waals surface area contributed by atoms with E-state index in [-0.39, 0.29) is 42.4 Å². The van der Waals surface area contributed by atoms with Crippen molar-refractivity contribution in [3.05, 3.63) is 64.1 Å². The first-order valence-electron chi connectivity index (χ1n) is 11.7. The van der Waals surface area contributed by atoms with Gasteiger partial charge >= 0.3 is 18.2 Å². The van der Waals surface area contributed by atoms with Crippen LogP contribution in [-0.4, -0.2) is 54.2 Å². The Balaban J connectivity index is 1.32. The number of halogens is 3. The average Bonchev–Trinajstić information content (AvgIpc) is 3.52. The highest BCUT2D eigenvalue weighted by Crippen LogP contribution is 2.39.